The van der Waals surface area contributed by atoms with E-state index in [1.54, 1.807) is 0 Å². The Morgan fingerprint density at radius 1 is 0.625 bits per heavy atom. The highest BCUT2D eigenvalue weighted by molar-refractivity contribution is 5.94. The topological polar surface area (TPSA) is 35.0 Å². The van der Waals surface area contributed by atoms with Gasteiger partial charge in [0.1, 0.15) is 11.5 Å². The van der Waals surface area contributed by atoms with E-state index in [-0.39, 0.29) is 5.41 Å². The van der Waals surface area contributed by atoms with Crippen LogP contribution in [0.4, 0.5) is 0 Å². The summed E-state index contributed by atoms with van der Waals surface area (Å²) in [5.74, 6) is 2.53. The Balaban J connectivity index is 1.55. The van der Waals surface area contributed by atoms with Crippen molar-refractivity contribution in [3.05, 3.63) is 108 Å². The Labute approximate surface area is 187 Å². The molecule has 0 radical (unpaired) electrons. The fraction of sp³-hybridized carbons (Fsp3) is 0.103. The van der Waals surface area contributed by atoms with Gasteiger partial charge in [-0.25, -0.2) is 9.97 Å². The Kier molecular flexibility index (Phi) is 4.12. The van der Waals surface area contributed by atoms with Crippen molar-refractivity contribution in [2.24, 2.45) is 0 Å². The van der Waals surface area contributed by atoms with Crippen molar-refractivity contribution in [3.8, 4) is 34.1 Å². The van der Waals surface area contributed by atoms with Gasteiger partial charge in [-0.3, -0.25) is 0 Å². The predicted molar refractivity (Wildman–Crippen MR) is 129 cm³/mol. The third-order valence-electron chi connectivity index (χ3n) is 6.34. The van der Waals surface area contributed by atoms with Crippen molar-refractivity contribution in [2.45, 2.75) is 19.3 Å². The number of nitrogens with zero attached hydrogens (tertiary/aromatic N) is 2. The number of hydrogen-bond acceptors (Lipinski definition) is 3. The lowest BCUT2D eigenvalue weighted by Gasteiger charge is -2.34. The minimum atomic E-state index is -0.133. The molecule has 0 amide bonds. The van der Waals surface area contributed by atoms with E-state index in [0.29, 0.717) is 0 Å². The van der Waals surface area contributed by atoms with Gasteiger partial charge in [0.2, 0.25) is 0 Å². The van der Waals surface area contributed by atoms with Crippen LogP contribution in [-0.2, 0) is 5.41 Å². The van der Waals surface area contributed by atoms with Crippen molar-refractivity contribution >= 4 is 10.9 Å². The molecule has 0 atom stereocenters. The van der Waals surface area contributed by atoms with E-state index in [2.05, 4.69) is 50.2 Å². The van der Waals surface area contributed by atoms with Gasteiger partial charge in [-0.15, -0.1) is 0 Å². The molecule has 0 fully saturated rings. The predicted octanol–water partition coefficient (Wildman–Crippen LogP) is 7.40. The molecule has 0 unspecified atom stereocenters. The van der Waals surface area contributed by atoms with Crippen molar-refractivity contribution < 1.29 is 4.74 Å². The molecule has 0 saturated carbocycles. The average Bonchev–Trinajstić information content (AvgIpc) is 2.83. The van der Waals surface area contributed by atoms with Crippen LogP contribution < -0.4 is 4.74 Å². The number of aromatic nitrogens is 2. The molecule has 3 heteroatoms. The number of benzene rings is 4. The molecule has 1 aliphatic rings. The molecule has 0 bridgehead atoms. The van der Waals surface area contributed by atoms with Crippen LogP contribution in [-0.4, -0.2) is 9.97 Å². The van der Waals surface area contributed by atoms with Crippen molar-refractivity contribution in [3.63, 3.8) is 0 Å². The van der Waals surface area contributed by atoms with E-state index in [4.69, 9.17) is 14.7 Å². The highest BCUT2D eigenvalue weighted by Gasteiger charge is 2.34. The molecule has 1 aliphatic heterocycles. The van der Waals surface area contributed by atoms with Gasteiger partial charge in [0.05, 0.1) is 11.2 Å². The Morgan fingerprint density at radius 3 is 2.22 bits per heavy atom. The smallest absolute Gasteiger partial charge is 0.160 e. The number of fused-ring (bicyclic) bond motifs is 3. The first-order valence-corrected chi connectivity index (χ1v) is 10.9. The minimum Gasteiger partial charge on any atom is -0.457 e. The molecule has 5 aromatic rings. The first-order valence-electron chi connectivity index (χ1n) is 10.9. The Hall–Kier alpha value is -3.98. The third-order valence-corrected chi connectivity index (χ3v) is 6.34. The second-order valence-electron chi connectivity index (χ2n) is 8.71. The molecular formula is C29H22N2O. The third kappa shape index (κ3) is 2.89. The van der Waals surface area contributed by atoms with E-state index >= 15 is 0 Å². The minimum absolute atomic E-state index is 0.133. The maximum absolute atomic E-state index is 6.36. The van der Waals surface area contributed by atoms with E-state index in [9.17, 15) is 0 Å². The Bertz CT molecular complexity index is 1470. The zero-order valence-electron chi connectivity index (χ0n) is 18.0. The summed E-state index contributed by atoms with van der Waals surface area (Å²) >= 11 is 0. The molecule has 0 aliphatic carbocycles. The fourth-order valence-electron chi connectivity index (χ4n) is 4.62. The number of hydrogen-bond donors (Lipinski definition) is 0. The summed E-state index contributed by atoms with van der Waals surface area (Å²) in [5, 5.41) is 1.03. The molecule has 1 aromatic heterocycles. The van der Waals surface area contributed by atoms with Crippen LogP contribution >= 0.6 is 0 Å². The summed E-state index contributed by atoms with van der Waals surface area (Å²) in [6, 6.07) is 33.0. The summed E-state index contributed by atoms with van der Waals surface area (Å²) in [4.78, 5) is 9.83. The molecule has 0 N–H and O–H groups in total. The summed E-state index contributed by atoms with van der Waals surface area (Å²) in [6.07, 6.45) is 0. The maximum atomic E-state index is 6.36. The summed E-state index contributed by atoms with van der Waals surface area (Å²) < 4.78 is 6.36. The number of rotatable bonds is 2. The van der Waals surface area contributed by atoms with Crippen LogP contribution in [0, 0.1) is 0 Å². The quantitative estimate of drug-likeness (QED) is 0.302. The largest absolute Gasteiger partial charge is 0.457 e. The van der Waals surface area contributed by atoms with Gasteiger partial charge >= 0.3 is 0 Å². The maximum Gasteiger partial charge on any atom is 0.160 e. The number of para-hydroxylation sites is 2. The molecule has 154 valence electrons. The van der Waals surface area contributed by atoms with Crippen molar-refractivity contribution in [1.29, 1.82) is 0 Å². The molecule has 6 rings (SSSR count). The summed E-state index contributed by atoms with van der Waals surface area (Å²) in [6.45, 7) is 4.50. The van der Waals surface area contributed by atoms with E-state index in [0.717, 1.165) is 45.0 Å². The van der Waals surface area contributed by atoms with E-state index < -0.39 is 0 Å². The molecule has 2 heterocycles. The van der Waals surface area contributed by atoms with Gasteiger partial charge in [0, 0.05) is 33.1 Å². The zero-order valence-corrected chi connectivity index (χ0v) is 18.0. The highest BCUT2D eigenvalue weighted by atomic mass is 16.5. The average molecular weight is 415 g/mol. The van der Waals surface area contributed by atoms with Gasteiger partial charge in [0.25, 0.3) is 0 Å². The molecule has 0 saturated heterocycles. The van der Waals surface area contributed by atoms with Crippen molar-refractivity contribution in [2.75, 3.05) is 0 Å². The highest BCUT2D eigenvalue weighted by Crippen LogP contribution is 2.48. The second-order valence-corrected chi connectivity index (χ2v) is 8.71. The van der Waals surface area contributed by atoms with Crippen molar-refractivity contribution in [1.82, 2.24) is 9.97 Å². The Morgan fingerprint density at radius 2 is 1.34 bits per heavy atom. The summed E-state index contributed by atoms with van der Waals surface area (Å²) in [5.41, 5.74) is 6.13. The van der Waals surface area contributed by atoms with Gasteiger partial charge in [-0.05, 0) is 18.2 Å². The monoisotopic (exact) mass is 414 g/mol. The van der Waals surface area contributed by atoms with Crippen LogP contribution in [0.25, 0.3) is 33.5 Å². The molecule has 4 aromatic carbocycles. The van der Waals surface area contributed by atoms with Crippen LogP contribution in [0.5, 0.6) is 11.5 Å². The zero-order chi connectivity index (χ0) is 21.7. The SMILES string of the molecule is CC1(C)c2ccccc2Oc2cc(-c3nc(-c4ccccc4)nc4ccccc34)ccc21. The lowest BCUT2D eigenvalue weighted by molar-refractivity contribution is 0.418. The van der Waals surface area contributed by atoms with Crippen LogP contribution in [0.15, 0.2) is 97.1 Å². The van der Waals surface area contributed by atoms with Crippen LogP contribution in [0.1, 0.15) is 25.0 Å². The van der Waals surface area contributed by atoms with Gasteiger partial charge in [-0.2, -0.15) is 0 Å². The molecule has 0 spiro atoms. The normalized spacial score (nSPS) is 13.8. The van der Waals surface area contributed by atoms with E-state index in [1.807, 2.05) is 60.7 Å². The van der Waals surface area contributed by atoms with E-state index in [1.165, 1.54) is 11.1 Å². The molecular weight excluding hydrogens is 392 g/mol. The van der Waals surface area contributed by atoms with Crippen LogP contribution in [0.2, 0.25) is 0 Å². The standard InChI is InChI=1S/C29H22N2O/c1-29(2)22-13-7-9-15-25(22)32-26-18-20(16-17-23(26)29)27-21-12-6-8-14-24(21)30-28(31-27)19-10-4-3-5-11-19/h3-18H,1-2H3. The lowest BCUT2D eigenvalue weighted by atomic mass is 9.75. The first-order chi connectivity index (χ1) is 15.6. The molecule has 32 heavy (non-hydrogen) atoms. The van der Waals surface area contributed by atoms with Crippen LogP contribution in [0.3, 0.4) is 0 Å². The molecule has 3 nitrogen and oxygen atoms in total. The first kappa shape index (κ1) is 18.8. The summed E-state index contributed by atoms with van der Waals surface area (Å²) in [7, 11) is 0. The second kappa shape index (κ2) is 7.03. The lowest BCUT2D eigenvalue weighted by Crippen LogP contribution is -2.24. The fourth-order valence-corrected chi connectivity index (χ4v) is 4.62. The van der Waals surface area contributed by atoms with Gasteiger partial charge in [-0.1, -0.05) is 92.7 Å². The number of ether oxygens (including phenoxy) is 1. The van der Waals surface area contributed by atoms with Gasteiger partial charge < -0.3 is 4.74 Å². The van der Waals surface area contributed by atoms with Gasteiger partial charge in [0.15, 0.2) is 5.82 Å².